The third-order valence-electron chi connectivity index (χ3n) is 5.36. The average Bonchev–Trinajstić information content (AvgIpc) is 2.86. The van der Waals surface area contributed by atoms with Crippen LogP contribution in [0.4, 0.5) is 5.69 Å². The molecule has 0 aromatic heterocycles. The number of carbonyl (C=O) groups is 2. The number of para-hydroxylation sites is 1. The van der Waals surface area contributed by atoms with Crippen LogP contribution >= 0.6 is 15.9 Å². The quantitative estimate of drug-likeness (QED) is 0.442. The summed E-state index contributed by atoms with van der Waals surface area (Å²) in [5, 5.41) is 14.9. The van der Waals surface area contributed by atoms with E-state index in [-0.39, 0.29) is 11.3 Å². The first-order chi connectivity index (χ1) is 16.4. The van der Waals surface area contributed by atoms with Crippen LogP contribution in [-0.2, 0) is 0 Å². The van der Waals surface area contributed by atoms with Crippen molar-refractivity contribution in [3.63, 3.8) is 0 Å². The van der Waals surface area contributed by atoms with E-state index in [1.54, 1.807) is 36.4 Å². The Labute approximate surface area is 204 Å². The summed E-state index contributed by atoms with van der Waals surface area (Å²) in [5.41, 5.74) is 4.19. The molecule has 0 radical (unpaired) electrons. The molecule has 0 spiro atoms. The van der Waals surface area contributed by atoms with E-state index in [4.69, 9.17) is 14.2 Å². The van der Waals surface area contributed by atoms with E-state index in [1.807, 2.05) is 0 Å². The van der Waals surface area contributed by atoms with Gasteiger partial charge in [-0.05, 0) is 42.5 Å². The largest absolute Gasteiger partial charge is 0.508 e. The molecule has 0 saturated heterocycles. The maximum Gasteiger partial charge on any atom is 0.276 e. The number of nitrogens with one attached hydrogen (secondary N) is 2. The zero-order valence-corrected chi connectivity index (χ0v) is 20.2. The number of benzene rings is 3. The van der Waals surface area contributed by atoms with Crippen LogP contribution in [0.25, 0.3) is 0 Å². The van der Waals surface area contributed by atoms with Gasteiger partial charge in [0.05, 0.1) is 26.9 Å². The molecular weight excluding hydrogens is 506 g/mol. The van der Waals surface area contributed by atoms with Crippen molar-refractivity contribution in [1.29, 1.82) is 0 Å². The van der Waals surface area contributed by atoms with Crippen molar-refractivity contribution in [1.82, 2.24) is 10.4 Å². The predicted octanol–water partition coefficient (Wildman–Crippen LogP) is 4.09. The predicted molar refractivity (Wildman–Crippen MR) is 128 cm³/mol. The number of nitrogens with zero attached hydrogens (tertiary/aromatic N) is 1. The number of hydrogen-bond donors (Lipinski definition) is 3. The second-order valence-corrected chi connectivity index (χ2v) is 8.24. The van der Waals surface area contributed by atoms with Gasteiger partial charge < -0.3 is 24.6 Å². The molecule has 2 amide bonds. The van der Waals surface area contributed by atoms with Gasteiger partial charge in [-0.3, -0.25) is 15.0 Å². The molecule has 10 heteroatoms. The zero-order chi connectivity index (χ0) is 24.4. The molecule has 1 atom stereocenters. The van der Waals surface area contributed by atoms with Crippen molar-refractivity contribution in [2.45, 2.75) is 6.17 Å². The number of aromatic hydroxyl groups is 1. The number of phenolic OH excluding ortho intramolecular Hbond substituents is 1. The highest BCUT2D eigenvalue weighted by atomic mass is 79.9. The summed E-state index contributed by atoms with van der Waals surface area (Å²) in [7, 11) is 4.35. The van der Waals surface area contributed by atoms with E-state index in [0.717, 1.165) is 5.01 Å². The monoisotopic (exact) mass is 527 g/mol. The third-order valence-corrected chi connectivity index (χ3v) is 5.85. The van der Waals surface area contributed by atoms with Crippen molar-refractivity contribution in [3.8, 4) is 23.0 Å². The van der Waals surface area contributed by atoms with E-state index in [1.165, 1.54) is 39.5 Å². The van der Waals surface area contributed by atoms with Crippen molar-refractivity contribution >= 4 is 33.4 Å². The highest BCUT2D eigenvalue weighted by Crippen LogP contribution is 2.39. The lowest BCUT2D eigenvalue weighted by Gasteiger charge is -2.38. The minimum Gasteiger partial charge on any atom is -0.508 e. The molecule has 3 aromatic rings. The number of methoxy groups -OCH3 is 3. The molecule has 9 nitrogen and oxygen atoms in total. The van der Waals surface area contributed by atoms with Gasteiger partial charge in [0, 0.05) is 21.3 Å². The minimum absolute atomic E-state index is 0.0417. The summed E-state index contributed by atoms with van der Waals surface area (Å²) in [5.74, 6) is -0.154. The summed E-state index contributed by atoms with van der Waals surface area (Å²) >= 11 is 3.39. The lowest BCUT2D eigenvalue weighted by molar-refractivity contribution is 0.0488. The summed E-state index contributed by atoms with van der Waals surface area (Å²) in [4.78, 5) is 26.7. The van der Waals surface area contributed by atoms with Crippen LogP contribution in [-0.4, -0.2) is 43.3 Å². The number of carbonyl (C=O) groups excluding carboxylic acids is 2. The molecule has 1 unspecified atom stereocenters. The van der Waals surface area contributed by atoms with E-state index in [2.05, 4.69) is 26.7 Å². The van der Waals surface area contributed by atoms with Crippen LogP contribution in [0, 0.1) is 0 Å². The van der Waals surface area contributed by atoms with Gasteiger partial charge in [-0.25, -0.2) is 5.01 Å². The number of rotatable bonds is 6. The number of ether oxygens (including phenoxy) is 3. The van der Waals surface area contributed by atoms with E-state index in [9.17, 15) is 14.7 Å². The van der Waals surface area contributed by atoms with Gasteiger partial charge in [-0.15, -0.1) is 0 Å². The Kier molecular flexibility index (Phi) is 6.51. The Morgan fingerprint density at radius 2 is 1.71 bits per heavy atom. The molecule has 176 valence electrons. The van der Waals surface area contributed by atoms with Gasteiger partial charge >= 0.3 is 0 Å². The highest BCUT2D eigenvalue weighted by Gasteiger charge is 2.36. The van der Waals surface area contributed by atoms with Crippen LogP contribution in [0.1, 0.15) is 32.4 Å². The number of fused-ring (bicyclic) bond motifs is 1. The number of hydrogen-bond acceptors (Lipinski definition) is 7. The summed E-state index contributed by atoms with van der Waals surface area (Å²) < 4.78 is 16.7. The van der Waals surface area contributed by atoms with Crippen LogP contribution in [0.3, 0.4) is 0 Å². The Balaban J connectivity index is 1.75. The van der Waals surface area contributed by atoms with Gasteiger partial charge in [0.1, 0.15) is 5.75 Å². The lowest BCUT2D eigenvalue weighted by atomic mass is 10.0. The maximum absolute atomic E-state index is 13.4. The Hall–Kier alpha value is -3.92. The average molecular weight is 528 g/mol. The molecule has 1 aliphatic heterocycles. The zero-order valence-electron chi connectivity index (χ0n) is 18.6. The van der Waals surface area contributed by atoms with Gasteiger partial charge in [0.2, 0.25) is 5.75 Å². The highest BCUT2D eigenvalue weighted by molar-refractivity contribution is 9.10. The standard InChI is InChI=1S/C24H22BrN3O6/c1-32-19-10-13(11-20(33-2)21(19)34-3)23(30)27-28-22(16-12-14(25)8-9-18(16)29)26-17-7-5-4-6-15(17)24(28)31/h4-12,22,26,29H,1-3H3,(H,27,30). The van der Waals surface area contributed by atoms with Crippen molar-refractivity contribution in [2.24, 2.45) is 0 Å². The maximum atomic E-state index is 13.4. The topological polar surface area (TPSA) is 109 Å². The first-order valence-corrected chi connectivity index (χ1v) is 11.0. The second-order valence-electron chi connectivity index (χ2n) is 7.33. The molecule has 34 heavy (non-hydrogen) atoms. The Morgan fingerprint density at radius 1 is 1.03 bits per heavy atom. The fraction of sp³-hybridized carbons (Fsp3) is 0.167. The Morgan fingerprint density at radius 3 is 2.35 bits per heavy atom. The molecule has 4 rings (SSSR count). The minimum atomic E-state index is -0.883. The van der Waals surface area contributed by atoms with Gasteiger partial charge in [-0.2, -0.15) is 0 Å². The molecule has 0 bridgehead atoms. The number of anilines is 1. The molecule has 1 heterocycles. The number of phenols is 1. The summed E-state index contributed by atoms with van der Waals surface area (Å²) in [6, 6.07) is 14.8. The number of halogens is 1. The van der Waals surface area contributed by atoms with E-state index < -0.39 is 18.0 Å². The smallest absolute Gasteiger partial charge is 0.276 e. The van der Waals surface area contributed by atoms with Gasteiger partial charge in [0.25, 0.3) is 11.8 Å². The molecule has 0 saturated carbocycles. The molecule has 3 aromatic carbocycles. The van der Waals surface area contributed by atoms with Crippen molar-refractivity contribution in [2.75, 3.05) is 26.6 Å². The third kappa shape index (κ3) is 4.19. The van der Waals surface area contributed by atoms with Gasteiger partial charge in [0.15, 0.2) is 17.7 Å². The number of hydrazine groups is 1. The van der Waals surface area contributed by atoms with Crippen LogP contribution in [0.5, 0.6) is 23.0 Å². The van der Waals surface area contributed by atoms with Crippen LogP contribution < -0.4 is 25.0 Å². The molecule has 1 aliphatic rings. The SMILES string of the molecule is COc1cc(C(=O)NN2C(=O)c3ccccc3NC2c2cc(Br)ccc2O)cc(OC)c1OC. The second kappa shape index (κ2) is 9.52. The molecular formula is C24H22BrN3O6. The molecule has 0 aliphatic carbocycles. The fourth-order valence-corrected chi connectivity index (χ4v) is 4.10. The van der Waals surface area contributed by atoms with Gasteiger partial charge in [-0.1, -0.05) is 28.1 Å². The van der Waals surface area contributed by atoms with Crippen molar-refractivity contribution < 1.29 is 28.9 Å². The van der Waals surface area contributed by atoms with E-state index >= 15 is 0 Å². The van der Waals surface area contributed by atoms with E-state index in [0.29, 0.717) is 38.5 Å². The van der Waals surface area contributed by atoms with Crippen LogP contribution in [0.2, 0.25) is 0 Å². The summed E-state index contributed by atoms with van der Waals surface area (Å²) in [6.45, 7) is 0. The molecule has 3 N–H and O–H groups in total. The first kappa shape index (κ1) is 23.2. The van der Waals surface area contributed by atoms with Crippen LogP contribution in [0.15, 0.2) is 59.1 Å². The normalized spacial score (nSPS) is 14.6. The number of amides is 2. The van der Waals surface area contributed by atoms with Crippen molar-refractivity contribution in [3.05, 3.63) is 75.8 Å². The fourth-order valence-electron chi connectivity index (χ4n) is 3.72. The first-order valence-electron chi connectivity index (χ1n) is 10.2. The molecule has 0 fully saturated rings. The Bertz CT molecular complexity index is 1240. The lowest BCUT2D eigenvalue weighted by Crippen LogP contribution is -2.52. The summed E-state index contributed by atoms with van der Waals surface area (Å²) in [6.07, 6.45) is -0.883.